The number of hydrogen-bond acceptors (Lipinski definition) is 3. The minimum Gasteiger partial charge on any atom is -0.389 e. The molecular weight excluding hydrogens is 200 g/mol. The zero-order chi connectivity index (χ0) is 12.0. The fourth-order valence-corrected chi connectivity index (χ4v) is 2.47. The number of nitrogens with zero attached hydrogens (tertiary/aromatic N) is 1. The lowest BCUT2D eigenvalue weighted by Gasteiger charge is -2.37. The van der Waals surface area contributed by atoms with Gasteiger partial charge in [-0.3, -0.25) is 0 Å². The Balaban J connectivity index is 2.31. The molecule has 0 bridgehead atoms. The monoisotopic (exact) mass is 228 g/mol. The maximum atomic E-state index is 10.3. The molecule has 1 fully saturated rings. The van der Waals surface area contributed by atoms with Gasteiger partial charge in [-0.15, -0.1) is 0 Å². The van der Waals surface area contributed by atoms with Gasteiger partial charge in [-0.1, -0.05) is 20.8 Å². The van der Waals surface area contributed by atoms with Crippen LogP contribution in [0.4, 0.5) is 0 Å². The van der Waals surface area contributed by atoms with Crippen molar-refractivity contribution >= 4 is 0 Å². The van der Waals surface area contributed by atoms with Crippen LogP contribution in [0.2, 0.25) is 0 Å². The number of piperidine rings is 1. The molecule has 0 unspecified atom stereocenters. The molecule has 0 aromatic heterocycles. The number of nitrogens with one attached hydrogen (secondary N) is 1. The highest BCUT2D eigenvalue weighted by atomic mass is 16.3. The summed E-state index contributed by atoms with van der Waals surface area (Å²) in [5.41, 5.74) is -0.467. The maximum Gasteiger partial charge on any atom is 0.0768 e. The lowest BCUT2D eigenvalue weighted by molar-refractivity contribution is -0.00975. The van der Waals surface area contributed by atoms with Gasteiger partial charge in [-0.05, 0) is 45.3 Å². The molecule has 3 heteroatoms. The van der Waals surface area contributed by atoms with Crippen molar-refractivity contribution < 1.29 is 5.11 Å². The van der Waals surface area contributed by atoms with Crippen LogP contribution in [-0.2, 0) is 0 Å². The molecule has 0 spiro atoms. The molecule has 1 aliphatic rings. The van der Waals surface area contributed by atoms with Gasteiger partial charge in [-0.2, -0.15) is 0 Å². The van der Waals surface area contributed by atoms with Gasteiger partial charge in [-0.25, -0.2) is 0 Å². The fraction of sp³-hybridized carbons (Fsp3) is 1.00. The predicted molar refractivity (Wildman–Crippen MR) is 68.7 cm³/mol. The summed E-state index contributed by atoms with van der Waals surface area (Å²) in [5, 5.41) is 13.8. The normalized spacial score (nSPS) is 20.2. The van der Waals surface area contributed by atoms with Gasteiger partial charge in [0.2, 0.25) is 0 Å². The van der Waals surface area contributed by atoms with Crippen molar-refractivity contribution in [2.45, 2.75) is 58.1 Å². The summed E-state index contributed by atoms with van der Waals surface area (Å²) >= 11 is 0. The van der Waals surface area contributed by atoms with Crippen LogP contribution < -0.4 is 5.32 Å². The van der Waals surface area contributed by atoms with Crippen molar-refractivity contribution in [2.24, 2.45) is 0 Å². The van der Waals surface area contributed by atoms with Crippen LogP contribution in [0, 0.1) is 0 Å². The minimum atomic E-state index is -0.467. The summed E-state index contributed by atoms with van der Waals surface area (Å²) in [6.07, 6.45) is 4.15. The first kappa shape index (κ1) is 13.9. The van der Waals surface area contributed by atoms with Crippen LogP contribution >= 0.6 is 0 Å². The summed E-state index contributed by atoms with van der Waals surface area (Å²) < 4.78 is 0. The van der Waals surface area contributed by atoms with Gasteiger partial charge < -0.3 is 15.3 Å². The van der Waals surface area contributed by atoms with E-state index < -0.39 is 5.60 Å². The van der Waals surface area contributed by atoms with E-state index >= 15 is 0 Å². The molecule has 1 rings (SSSR count). The molecule has 0 radical (unpaired) electrons. The largest absolute Gasteiger partial charge is 0.389 e. The molecule has 0 aromatic carbocycles. The average Bonchev–Trinajstić information content (AvgIpc) is 2.32. The summed E-state index contributed by atoms with van der Waals surface area (Å²) in [4.78, 5) is 2.42. The highest BCUT2D eigenvalue weighted by molar-refractivity contribution is 4.84. The Morgan fingerprint density at radius 2 is 1.75 bits per heavy atom. The van der Waals surface area contributed by atoms with E-state index in [1.807, 2.05) is 0 Å². The molecule has 0 atom stereocenters. The second-order valence-corrected chi connectivity index (χ2v) is 5.04. The SMILES string of the molecule is CCNC1CCN(CC(O)(CC)CC)CC1. The Labute approximate surface area is 100 Å². The molecule has 1 heterocycles. The van der Waals surface area contributed by atoms with Crippen LogP contribution in [0.25, 0.3) is 0 Å². The second kappa shape index (κ2) is 6.58. The smallest absolute Gasteiger partial charge is 0.0768 e. The standard InChI is InChI=1S/C13H28N2O/c1-4-13(16,5-2)11-15-9-7-12(8-10-15)14-6-3/h12,14,16H,4-11H2,1-3H3. The molecule has 3 nitrogen and oxygen atoms in total. The van der Waals surface area contributed by atoms with E-state index in [0.29, 0.717) is 6.04 Å². The zero-order valence-electron chi connectivity index (χ0n) is 11.1. The number of hydrogen-bond donors (Lipinski definition) is 2. The minimum absolute atomic E-state index is 0.467. The lowest BCUT2D eigenvalue weighted by Crippen LogP contribution is -2.48. The number of likely N-dealkylation sites (tertiary alicyclic amines) is 1. The third kappa shape index (κ3) is 4.04. The summed E-state index contributed by atoms with van der Waals surface area (Å²) in [5.74, 6) is 0. The Hall–Kier alpha value is -0.120. The maximum absolute atomic E-state index is 10.3. The summed E-state index contributed by atoms with van der Waals surface area (Å²) in [6, 6.07) is 0.692. The van der Waals surface area contributed by atoms with Crippen LogP contribution in [0.1, 0.15) is 46.5 Å². The highest BCUT2D eigenvalue weighted by Crippen LogP contribution is 2.19. The van der Waals surface area contributed by atoms with Gasteiger partial charge in [0.25, 0.3) is 0 Å². The summed E-state index contributed by atoms with van der Waals surface area (Å²) in [7, 11) is 0. The molecule has 0 saturated carbocycles. The second-order valence-electron chi connectivity index (χ2n) is 5.04. The Morgan fingerprint density at radius 3 is 2.19 bits per heavy atom. The number of β-amino-alcohol motifs (C(OH)–C–C–N with tert-alkyl or cyclic N) is 1. The molecule has 1 aliphatic heterocycles. The van der Waals surface area contributed by atoms with Crippen molar-refractivity contribution in [3.05, 3.63) is 0 Å². The Kier molecular flexibility index (Phi) is 5.73. The molecule has 96 valence electrons. The van der Waals surface area contributed by atoms with Crippen LogP contribution in [0.15, 0.2) is 0 Å². The Bertz CT molecular complexity index is 184. The lowest BCUT2D eigenvalue weighted by atomic mass is 9.95. The molecule has 16 heavy (non-hydrogen) atoms. The van der Waals surface area contributed by atoms with Gasteiger partial charge in [0.05, 0.1) is 5.60 Å². The average molecular weight is 228 g/mol. The third-order valence-corrected chi connectivity index (χ3v) is 3.91. The van der Waals surface area contributed by atoms with Crippen LogP contribution in [0.3, 0.4) is 0 Å². The van der Waals surface area contributed by atoms with Crippen molar-refractivity contribution in [2.75, 3.05) is 26.2 Å². The molecule has 0 aliphatic carbocycles. The van der Waals surface area contributed by atoms with E-state index in [1.54, 1.807) is 0 Å². The van der Waals surface area contributed by atoms with Crippen molar-refractivity contribution in [3.63, 3.8) is 0 Å². The fourth-order valence-electron chi connectivity index (χ4n) is 2.47. The first-order chi connectivity index (χ1) is 7.63. The van der Waals surface area contributed by atoms with Gasteiger partial charge in [0.1, 0.15) is 0 Å². The van der Waals surface area contributed by atoms with E-state index in [1.165, 1.54) is 12.8 Å². The molecular formula is C13H28N2O. The Morgan fingerprint density at radius 1 is 1.19 bits per heavy atom. The molecule has 0 aromatic rings. The van der Waals surface area contributed by atoms with Crippen molar-refractivity contribution in [1.82, 2.24) is 10.2 Å². The van der Waals surface area contributed by atoms with E-state index in [4.69, 9.17) is 0 Å². The van der Waals surface area contributed by atoms with Gasteiger partial charge in [0, 0.05) is 12.6 Å². The third-order valence-electron chi connectivity index (χ3n) is 3.91. The van der Waals surface area contributed by atoms with Gasteiger partial charge >= 0.3 is 0 Å². The van der Waals surface area contributed by atoms with E-state index in [0.717, 1.165) is 39.0 Å². The van der Waals surface area contributed by atoms with E-state index in [2.05, 4.69) is 31.0 Å². The predicted octanol–water partition coefficient (Wildman–Crippen LogP) is 1.61. The molecule has 0 amide bonds. The highest BCUT2D eigenvalue weighted by Gasteiger charge is 2.27. The van der Waals surface area contributed by atoms with Gasteiger partial charge in [0.15, 0.2) is 0 Å². The van der Waals surface area contributed by atoms with E-state index in [9.17, 15) is 5.11 Å². The first-order valence-corrected chi connectivity index (χ1v) is 6.81. The first-order valence-electron chi connectivity index (χ1n) is 6.81. The van der Waals surface area contributed by atoms with E-state index in [-0.39, 0.29) is 0 Å². The zero-order valence-corrected chi connectivity index (χ0v) is 11.1. The summed E-state index contributed by atoms with van der Waals surface area (Å²) in [6.45, 7) is 10.5. The molecule has 2 N–H and O–H groups in total. The van der Waals surface area contributed by atoms with Crippen molar-refractivity contribution in [3.8, 4) is 0 Å². The quantitative estimate of drug-likeness (QED) is 0.725. The van der Waals surface area contributed by atoms with Crippen LogP contribution in [-0.4, -0.2) is 47.8 Å². The number of rotatable bonds is 6. The van der Waals surface area contributed by atoms with Crippen molar-refractivity contribution in [1.29, 1.82) is 0 Å². The van der Waals surface area contributed by atoms with Crippen LogP contribution in [0.5, 0.6) is 0 Å². The topological polar surface area (TPSA) is 35.5 Å². The molecule has 1 saturated heterocycles. The number of aliphatic hydroxyl groups is 1.